The molecule has 0 amide bonds. The molecule has 0 atom stereocenters. The maximum absolute atomic E-state index is 13.4. The first-order valence-electron chi connectivity index (χ1n) is 4.50. The molecule has 0 saturated carbocycles. The summed E-state index contributed by atoms with van der Waals surface area (Å²) in [4.78, 5) is 10.8. The van der Waals surface area contributed by atoms with E-state index in [1.165, 1.54) is 26.8 Å². The molecule has 0 spiro atoms. The summed E-state index contributed by atoms with van der Waals surface area (Å²) < 4.78 is 13.4. The van der Waals surface area contributed by atoms with Gasteiger partial charge in [-0.05, 0) is 44.0 Å². The second-order valence-electron chi connectivity index (χ2n) is 3.99. The molecular weight excluding hydrogens is 199 g/mol. The molecule has 3 nitrogen and oxygen atoms in total. The van der Waals surface area contributed by atoms with E-state index in [2.05, 4.69) is 0 Å². The van der Waals surface area contributed by atoms with Crippen molar-refractivity contribution in [2.24, 2.45) is 0 Å². The van der Waals surface area contributed by atoms with Crippen molar-refractivity contribution in [3.63, 3.8) is 0 Å². The van der Waals surface area contributed by atoms with Gasteiger partial charge in [-0.2, -0.15) is 0 Å². The molecule has 15 heavy (non-hydrogen) atoms. The van der Waals surface area contributed by atoms with E-state index in [9.17, 15) is 14.3 Å². The van der Waals surface area contributed by atoms with Crippen LogP contribution in [-0.4, -0.2) is 16.2 Å². The van der Waals surface area contributed by atoms with Crippen LogP contribution in [0.5, 0.6) is 0 Å². The summed E-state index contributed by atoms with van der Waals surface area (Å²) in [5.74, 6) is -1.82. The van der Waals surface area contributed by atoms with E-state index in [1.54, 1.807) is 0 Å². The minimum absolute atomic E-state index is 0.0792. The second kappa shape index (κ2) is 3.62. The van der Waals surface area contributed by atoms with Crippen LogP contribution in [0.15, 0.2) is 12.1 Å². The SMILES string of the molecule is Cc1c(F)cc(C(C)(C)O)cc1C(=O)O. The Bertz CT molecular complexity index is 405. The monoisotopic (exact) mass is 212 g/mol. The molecule has 0 unspecified atom stereocenters. The van der Waals surface area contributed by atoms with E-state index in [1.807, 2.05) is 0 Å². The predicted octanol–water partition coefficient (Wildman–Crippen LogP) is 2.06. The first kappa shape index (κ1) is 11.7. The first-order chi connectivity index (χ1) is 6.73. The van der Waals surface area contributed by atoms with E-state index in [4.69, 9.17) is 5.11 Å². The third kappa shape index (κ3) is 2.33. The fourth-order valence-electron chi connectivity index (χ4n) is 1.25. The molecule has 0 aliphatic rings. The molecule has 0 radical (unpaired) electrons. The zero-order chi connectivity index (χ0) is 11.8. The van der Waals surface area contributed by atoms with Gasteiger partial charge in [0.2, 0.25) is 0 Å². The van der Waals surface area contributed by atoms with Gasteiger partial charge < -0.3 is 10.2 Å². The minimum atomic E-state index is -1.25. The second-order valence-corrected chi connectivity index (χ2v) is 3.99. The van der Waals surface area contributed by atoms with Crippen molar-refractivity contribution in [3.8, 4) is 0 Å². The van der Waals surface area contributed by atoms with E-state index in [-0.39, 0.29) is 16.7 Å². The van der Waals surface area contributed by atoms with Crippen molar-refractivity contribution in [3.05, 3.63) is 34.6 Å². The Hall–Kier alpha value is -1.42. The van der Waals surface area contributed by atoms with Crippen LogP contribution in [0.3, 0.4) is 0 Å². The van der Waals surface area contributed by atoms with Crippen molar-refractivity contribution in [2.75, 3.05) is 0 Å². The average molecular weight is 212 g/mol. The number of aromatic carboxylic acids is 1. The summed E-state index contributed by atoms with van der Waals surface area (Å²) in [6.45, 7) is 4.35. The molecular formula is C11H13FO3. The highest BCUT2D eigenvalue weighted by Gasteiger charge is 2.21. The van der Waals surface area contributed by atoms with Gasteiger partial charge in [-0.1, -0.05) is 0 Å². The van der Waals surface area contributed by atoms with Gasteiger partial charge in [0.1, 0.15) is 5.82 Å². The molecule has 2 N–H and O–H groups in total. The minimum Gasteiger partial charge on any atom is -0.478 e. The maximum Gasteiger partial charge on any atom is 0.336 e. The topological polar surface area (TPSA) is 57.5 Å². The van der Waals surface area contributed by atoms with E-state index in [0.717, 1.165) is 6.07 Å². The van der Waals surface area contributed by atoms with Crippen LogP contribution < -0.4 is 0 Å². The Morgan fingerprint density at radius 3 is 2.33 bits per heavy atom. The summed E-state index contributed by atoms with van der Waals surface area (Å²) in [6.07, 6.45) is 0. The third-order valence-corrected chi connectivity index (χ3v) is 2.28. The quantitative estimate of drug-likeness (QED) is 0.788. The third-order valence-electron chi connectivity index (χ3n) is 2.28. The molecule has 1 rings (SSSR count). The summed E-state index contributed by atoms with van der Waals surface area (Å²) in [5.41, 5.74) is -1.04. The number of hydrogen-bond donors (Lipinski definition) is 2. The Labute approximate surface area is 87.2 Å². The molecule has 0 saturated heterocycles. The van der Waals surface area contributed by atoms with Crippen LogP contribution in [0.4, 0.5) is 4.39 Å². The van der Waals surface area contributed by atoms with E-state index in [0.29, 0.717) is 0 Å². The summed E-state index contributed by atoms with van der Waals surface area (Å²) in [7, 11) is 0. The zero-order valence-corrected chi connectivity index (χ0v) is 8.84. The van der Waals surface area contributed by atoms with Crippen molar-refractivity contribution in [2.45, 2.75) is 26.4 Å². The van der Waals surface area contributed by atoms with Crippen LogP contribution >= 0.6 is 0 Å². The van der Waals surface area contributed by atoms with Crippen LogP contribution in [0.1, 0.15) is 35.3 Å². The van der Waals surface area contributed by atoms with Crippen LogP contribution in [0.25, 0.3) is 0 Å². The normalized spacial score (nSPS) is 11.5. The number of rotatable bonds is 2. The maximum atomic E-state index is 13.4. The summed E-state index contributed by atoms with van der Waals surface area (Å²) in [6, 6.07) is 2.45. The van der Waals surface area contributed by atoms with Gasteiger partial charge in [-0.25, -0.2) is 9.18 Å². The largest absolute Gasteiger partial charge is 0.478 e. The van der Waals surface area contributed by atoms with E-state index < -0.39 is 17.4 Å². The fourth-order valence-corrected chi connectivity index (χ4v) is 1.25. The standard InChI is InChI=1S/C11H13FO3/c1-6-8(10(13)14)4-7(5-9(6)12)11(2,3)15/h4-5,15H,1-3H3,(H,13,14). The average Bonchev–Trinajstić information content (AvgIpc) is 2.06. The molecule has 1 aromatic rings. The molecule has 1 aromatic carbocycles. The number of halogens is 1. The Kier molecular flexibility index (Phi) is 2.81. The van der Waals surface area contributed by atoms with Crippen LogP contribution in [0, 0.1) is 12.7 Å². The molecule has 0 aliphatic carbocycles. The molecule has 4 heteroatoms. The van der Waals surface area contributed by atoms with Gasteiger partial charge in [0.15, 0.2) is 0 Å². The molecule has 0 fully saturated rings. The Balaban J connectivity index is 3.43. The van der Waals surface area contributed by atoms with Gasteiger partial charge in [0, 0.05) is 0 Å². The lowest BCUT2D eigenvalue weighted by atomic mass is 9.94. The lowest BCUT2D eigenvalue weighted by molar-refractivity contribution is 0.0690. The van der Waals surface area contributed by atoms with Gasteiger partial charge in [-0.3, -0.25) is 0 Å². The Morgan fingerprint density at radius 1 is 1.40 bits per heavy atom. The highest BCUT2D eigenvalue weighted by atomic mass is 19.1. The lowest BCUT2D eigenvalue weighted by Gasteiger charge is -2.19. The summed E-state index contributed by atoms with van der Waals surface area (Å²) in [5, 5.41) is 18.5. The predicted molar refractivity (Wildman–Crippen MR) is 53.3 cm³/mol. The van der Waals surface area contributed by atoms with Gasteiger partial charge in [0.25, 0.3) is 0 Å². The number of carbonyl (C=O) groups is 1. The van der Waals surface area contributed by atoms with Gasteiger partial charge in [-0.15, -0.1) is 0 Å². The lowest BCUT2D eigenvalue weighted by Crippen LogP contribution is -2.17. The number of aliphatic hydroxyl groups is 1. The van der Waals surface area contributed by atoms with Crippen LogP contribution in [0.2, 0.25) is 0 Å². The van der Waals surface area contributed by atoms with E-state index >= 15 is 0 Å². The van der Waals surface area contributed by atoms with Crippen LogP contribution in [-0.2, 0) is 5.60 Å². The molecule has 0 bridgehead atoms. The van der Waals surface area contributed by atoms with Gasteiger partial charge in [0.05, 0.1) is 11.2 Å². The fraction of sp³-hybridized carbons (Fsp3) is 0.364. The van der Waals surface area contributed by atoms with Gasteiger partial charge >= 0.3 is 5.97 Å². The highest BCUT2D eigenvalue weighted by molar-refractivity contribution is 5.89. The number of hydrogen-bond acceptors (Lipinski definition) is 2. The molecule has 0 aliphatic heterocycles. The highest BCUT2D eigenvalue weighted by Crippen LogP contribution is 2.24. The Morgan fingerprint density at radius 2 is 1.93 bits per heavy atom. The zero-order valence-electron chi connectivity index (χ0n) is 8.84. The first-order valence-corrected chi connectivity index (χ1v) is 4.50. The van der Waals surface area contributed by atoms with Crippen molar-refractivity contribution >= 4 is 5.97 Å². The van der Waals surface area contributed by atoms with Crippen molar-refractivity contribution in [1.82, 2.24) is 0 Å². The van der Waals surface area contributed by atoms with Crippen molar-refractivity contribution < 1.29 is 19.4 Å². The smallest absolute Gasteiger partial charge is 0.336 e. The number of carboxylic acid groups (broad SMARTS) is 1. The van der Waals surface area contributed by atoms with Crippen molar-refractivity contribution in [1.29, 1.82) is 0 Å². The number of carboxylic acids is 1. The molecule has 0 heterocycles. The number of benzene rings is 1. The molecule has 0 aromatic heterocycles. The summed E-state index contributed by atoms with van der Waals surface area (Å²) >= 11 is 0. The molecule has 82 valence electrons.